The van der Waals surface area contributed by atoms with E-state index in [1.54, 1.807) is 35.5 Å². The number of carbonyl (C=O) groups excluding carboxylic acids is 2. The van der Waals surface area contributed by atoms with Crippen LogP contribution in [0.2, 0.25) is 0 Å². The number of amides is 2. The minimum absolute atomic E-state index is 0.0571. The van der Waals surface area contributed by atoms with Crippen LogP contribution in [0, 0.1) is 13.8 Å². The lowest BCUT2D eigenvalue weighted by molar-refractivity contribution is 0.0957. The summed E-state index contributed by atoms with van der Waals surface area (Å²) in [6.45, 7) is 4.05. The molecule has 1 aliphatic heterocycles. The van der Waals surface area contributed by atoms with E-state index in [0.29, 0.717) is 34.3 Å². The molecule has 38 heavy (non-hydrogen) atoms. The first-order chi connectivity index (χ1) is 18.3. The molecule has 0 radical (unpaired) electrons. The van der Waals surface area contributed by atoms with Crippen molar-refractivity contribution in [2.45, 2.75) is 26.5 Å². The second-order valence-electron chi connectivity index (χ2n) is 9.79. The number of hydrogen-bond donors (Lipinski definition) is 4. The summed E-state index contributed by atoms with van der Waals surface area (Å²) in [7, 11) is 0. The van der Waals surface area contributed by atoms with E-state index in [-0.39, 0.29) is 5.91 Å². The number of aliphatic hydroxyl groups excluding tert-OH is 2. The van der Waals surface area contributed by atoms with Crippen LogP contribution in [-0.2, 0) is 6.54 Å². The average molecular weight is 507 g/mol. The van der Waals surface area contributed by atoms with E-state index >= 15 is 0 Å². The molecule has 5 N–H and O–H groups in total. The Morgan fingerprint density at radius 2 is 1.87 bits per heavy atom. The third-order valence-corrected chi connectivity index (χ3v) is 7.44. The Balaban J connectivity index is 1.54. The van der Waals surface area contributed by atoms with Crippen LogP contribution in [0.1, 0.15) is 49.1 Å². The Kier molecular flexibility index (Phi) is 5.52. The molecule has 2 aromatic heterocycles. The van der Waals surface area contributed by atoms with Gasteiger partial charge in [0.2, 0.25) is 0 Å². The number of rotatable bonds is 5. The van der Waals surface area contributed by atoms with E-state index in [0.717, 1.165) is 44.3 Å². The normalized spacial score (nSPS) is 13.9. The molecule has 190 valence electrons. The summed E-state index contributed by atoms with van der Waals surface area (Å²) in [5.41, 5.74) is 13.9. The van der Waals surface area contributed by atoms with Gasteiger partial charge in [0.15, 0.2) is 0 Å². The highest BCUT2D eigenvalue weighted by molar-refractivity contribution is 6.20. The van der Waals surface area contributed by atoms with Crippen molar-refractivity contribution in [3.63, 3.8) is 0 Å². The first-order valence-corrected chi connectivity index (χ1v) is 12.3. The van der Waals surface area contributed by atoms with Crippen LogP contribution in [0.3, 0.4) is 0 Å². The number of nitrogens with one attached hydrogen (secondary N) is 1. The highest BCUT2D eigenvalue weighted by Gasteiger charge is 2.30. The topological polar surface area (TPSA) is 133 Å². The van der Waals surface area contributed by atoms with Gasteiger partial charge in [-0.15, -0.1) is 0 Å². The van der Waals surface area contributed by atoms with Crippen molar-refractivity contribution in [3.05, 3.63) is 94.3 Å². The number of hydrogen-bond acceptors (Lipinski definition) is 5. The number of carbonyl (C=O) groups is 2. The molecule has 5 aromatic rings. The Labute approximate surface area is 218 Å². The summed E-state index contributed by atoms with van der Waals surface area (Å²) in [5.74, 6) is -0.624. The monoisotopic (exact) mass is 506 g/mol. The standard InChI is InChI=1S/C30H26N4O4/c1-15-3-5-19-18(9-15)13-34(30(19)38)25-12-32-11-23(16(25)2)20-7-8-22(29(31)37)28-27(20)21-6-4-17(26(36)14-35)10-24(21)33-28/h3-12,26,33,35-36H,13-14H2,1-2H3,(H2,31,37). The molecule has 3 aromatic carbocycles. The number of primary amides is 1. The van der Waals surface area contributed by atoms with E-state index in [4.69, 9.17) is 5.73 Å². The Morgan fingerprint density at radius 1 is 1.08 bits per heavy atom. The number of H-pyrrole nitrogens is 1. The third-order valence-electron chi connectivity index (χ3n) is 7.44. The van der Waals surface area contributed by atoms with Gasteiger partial charge in [0, 0.05) is 33.6 Å². The zero-order chi connectivity index (χ0) is 26.7. The van der Waals surface area contributed by atoms with E-state index in [2.05, 4.69) is 9.97 Å². The lowest BCUT2D eigenvalue weighted by Gasteiger charge is -2.20. The molecule has 0 saturated carbocycles. The average Bonchev–Trinajstić information content (AvgIpc) is 3.44. The van der Waals surface area contributed by atoms with E-state index < -0.39 is 18.6 Å². The maximum Gasteiger partial charge on any atom is 0.258 e. The van der Waals surface area contributed by atoms with Crippen molar-refractivity contribution in [2.24, 2.45) is 5.73 Å². The van der Waals surface area contributed by atoms with Crippen LogP contribution in [0.5, 0.6) is 0 Å². The molecular weight excluding hydrogens is 480 g/mol. The molecule has 0 aliphatic carbocycles. The van der Waals surface area contributed by atoms with Gasteiger partial charge in [-0.05, 0) is 54.3 Å². The van der Waals surface area contributed by atoms with Gasteiger partial charge in [0.1, 0.15) is 6.10 Å². The van der Waals surface area contributed by atoms with Gasteiger partial charge in [-0.3, -0.25) is 14.6 Å². The summed E-state index contributed by atoms with van der Waals surface area (Å²) in [4.78, 5) is 35.1. The Bertz CT molecular complexity index is 1790. The quantitative estimate of drug-likeness (QED) is 0.282. The maximum atomic E-state index is 13.3. The van der Waals surface area contributed by atoms with Crippen molar-refractivity contribution in [1.29, 1.82) is 0 Å². The van der Waals surface area contributed by atoms with Gasteiger partial charge in [0.05, 0.1) is 36.1 Å². The number of anilines is 1. The van der Waals surface area contributed by atoms with Gasteiger partial charge in [0.25, 0.3) is 11.8 Å². The summed E-state index contributed by atoms with van der Waals surface area (Å²) in [6, 6.07) is 14.8. The van der Waals surface area contributed by atoms with E-state index in [1.165, 1.54) is 0 Å². The van der Waals surface area contributed by atoms with Gasteiger partial charge >= 0.3 is 0 Å². The molecule has 1 atom stereocenters. The van der Waals surface area contributed by atoms with Crippen molar-refractivity contribution >= 4 is 39.3 Å². The third kappa shape index (κ3) is 3.57. The van der Waals surface area contributed by atoms with Crippen LogP contribution in [-0.4, -0.2) is 38.6 Å². The number of aromatic amines is 1. The highest BCUT2D eigenvalue weighted by atomic mass is 16.3. The fraction of sp³-hybridized carbons (Fsp3) is 0.167. The number of aliphatic hydroxyl groups is 2. The summed E-state index contributed by atoms with van der Waals surface area (Å²) < 4.78 is 0. The maximum absolute atomic E-state index is 13.3. The van der Waals surface area contributed by atoms with Crippen LogP contribution in [0.25, 0.3) is 32.9 Å². The number of pyridine rings is 1. The molecule has 6 rings (SSSR count). The number of nitrogens with zero attached hydrogens (tertiary/aromatic N) is 2. The number of aryl methyl sites for hydroxylation is 1. The molecule has 0 saturated heterocycles. The number of nitrogens with two attached hydrogens (primary N) is 1. The zero-order valence-electron chi connectivity index (χ0n) is 20.9. The predicted octanol–water partition coefficient (Wildman–Crippen LogP) is 4.28. The number of benzene rings is 3. The molecular formula is C30H26N4O4. The lowest BCUT2D eigenvalue weighted by Crippen LogP contribution is -2.24. The van der Waals surface area contributed by atoms with Crippen molar-refractivity contribution < 1.29 is 19.8 Å². The molecule has 0 fully saturated rings. The molecule has 8 nitrogen and oxygen atoms in total. The number of aromatic nitrogens is 2. The van der Waals surface area contributed by atoms with Crippen LogP contribution in [0.15, 0.2) is 60.9 Å². The summed E-state index contributed by atoms with van der Waals surface area (Å²) >= 11 is 0. The molecule has 8 heteroatoms. The van der Waals surface area contributed by atoms with Crippen LogP contribution >= 0.6 is 0 Å². The predicted molar refractivity (Wildman–Crippen MR) is 146 cm³/mol. The molecule has 2 amide bonds. The Hall–Kier alpha value is -4.53. The molecule has 0 spiro atoms. The first kappa shape index (κ1) is 23.8. The fourth-order valence-electron chi connectivity index (χ4n) is 5.47. The van der Waals surface area contributed by atoms with Crippen molar-refractivity contribution in [3.8, 4) is 11.1 Å². The van der Waals surface area contributed by atoms with Crippen molar-refractivity contribution in [2.75, 3.05) is 11.5 Å². The van der Waals surface area contributed by atoms with Crippen molar-refractivity contribution in [1.82, 2.24) is 9.97 Å². The molecule has 1 unspecified atom stereocenters. The molecule has 3 heterocycles. The molecule has 0 bridgehead atoms. The zero-order valence-corrected chi connectivity index (χ0v) is 20.9. The van der Waals surface area contributed by atoms with Gasteiger partial charge in [-0.2, -0.15) is 0 Å². The summed E-state index contributed by atoms with van der Waals surface area (Å²) in [6.07, 6.45) is 2.45. The van der Waals surface area contributed by atoms with Gasteiger partial charge in [-0.1, -0.05) is 35.9 Å². The fourth-order valence-corrected chi connectivity index (χ4v) is 5.47. The lowest BCUT2D eigenvalue weighted by atomic mass is 9.94. The smallest absolute Gasteiger partial charge is 0.258 e. The van der Waals surface area contributed by atoms with Gasteiger partial charge < -0.3 is 25.8 Å². The SMILES string of the molecule is Cc1ccc2c(c1)CN(c1cncc(-c3ccc(C(N)=O)c4[nH]c5cc(C(O)CO)ccc5c34)c1C)C2=O. The minimum atomic E-state index is -1.02. The first-order valence-electron chi connectivity index (χ1n) is 12.3. The van der Waals surface area contributed by atoms with E-state index in [1.807, 2.05) is 44.2 Å². The number of fused-ring (bicyclic) bond motifs is 4. The van der Waals surface area contributed by atoms with Crippen LogP contribution < -0.4 is 10.6 Å². The van der Waals surface area contributed by atoms with E-state index in [9.17, 15) is 19.8 Å². The second kappa shape index (κ2) is 8.79. The largest absolute Gasteiger partial charge is 0.393 e. The molecule has 1 aliphatic rings. The highest BCUT2D eigenvalue weighted by Crippen LogP contribution is 2.41. The van der Waals surface area contributed by atoms with Crippen LogP contribution in [0.4, 0.5) is 5.69 Å². The minimum Gasteiger partial charge on any atom is -0.393 e. The Morgan fingerprint density at radius 3 is 2.63 bits per heavy atom. The second-order valence-corrected chi connectivity index (χ2v) is 9.79. The summed E-state index contributed by atoms with van der Waals surface area (Å²) in [5, 5.41) is 21.1. The van der Waals surface area contributed by atoms with Gasteiger partial charge in [-0.25, -0.2) is 0 Å².